The summed E-state index contributed by atoms with van der Waals surface area (Å²) in [5, 5.41) is 21.2. The van der Waals surface area contributed by atoms with Gasteiger partial charge in [-0.2, -0.15) is 4.31 Å². The summed E-state index contributed by atoms with van der Waals surface area (Å²) in [5.74, 6) is 0.358. The standard InChI is InChI=1S/C36H48N4O7S/c1-27(2)25-40(48(44,45)31-17-18-32-33(21-31)47-26-46-32)36(43,22-29-12-6-4-7-13-29)19-20-38-34(41)16-10-11-28(3)39-35(42)24-37-23-30-14-8-5-9-15-30/h4-9,12-15,17-18,21,27-28,37,43H,10-11,16,19-20,22-26H2,1-3H3,(H,38,41)(H,39,42). The summed E-state index contributed by atoms with van der Waals surface area (Å²) in [5.41, 5.74) is 0.00986. The van der Waals surface area contributed by atoms with Crippen molar-refractivity contribution in [1.29, 1.82) is 0 Å². The second-order valence-corrected chi connectivity index (χ2v) is 14.5. The van der Waals surface area contributed by atoms with Gasteiger partial charge in [-0.05, 0) is 48.9 Å². The van der Waals surface area contributed by atoms with Crippen LogP contribution in [0.5, 0.6) is 11.5 Å². The van der Waals surface area contributed by atoms with Gasteiger partial charge >= 0.3 is 0 Å². The molecule has 11 nitrogen and oxygen atoms in total. The van der Waals surface area contributed by atoms with Gasteiger partial charge in [0.05, 0.1) is 11.4 Å². The SMILES string of the molecule is CC(C)CN(C(O)(CCNC(=O)CCCC(C)NC(=O)CNCc1ccccc1)Cc1ccccc1)S(=O)(=O)c1ccc2c(c1)OCO2. The molecule has 3 aromatic rings. The third-order valence-electron chi connectivity index (χ3n) is 8.01. The summed E-state index contributed by atoms with van der Waals surface area (Å²) >= 11 is 0. The number of nitrogens with one attached hydrogen (secondary N) is 3. The molecule has 260 valence electrons. The number of ether oxygens (including phenoxy) is 2. The largest absolute Gasteiger partial charge is 0.454 e. The van der Waals surface area contributed by atoms with E-state index in [1.165, 1.54) is 12.1 Å². The van der Waals surface area contributed by atoms with Gasteiger partial charge in [0.1, 0.15) is 5.72 Å². The molecule has 4 N–H and O–H groups in total. The van der Waals surface area contributed by atoms with Crippen LogP contribution in [-0.2, 0) is 32.6 Å². The van der Waals surface area contributed by atoms with Crippen LogP contribution in [0.25, 0.3) is 0 Å². The third-order valence-corrected chi connectivity index (χ3v) is 9.93. The summed E-state index contributed by atoms with van der Waals surface area (Å²) in [6.07, 6.45) is 1.39. The number of carbonyl (C=O) groups excluding carboxylic acids is 2. The second kappa shape index (κ2) is 17.4. The van der Waals surface area contributed by atoms with Gasteiger partial charge in [-0.25, -0.2) is 8.42 Å². The lowest BCUT2D eigenvalue weighted by Crippen LogP contribution is -2.55. The topological polar surface area (TPSA) is 146 Å². The highest BCUT2D eigenvalue weighted by molar-refractivity contribution is 7.89. The van der Waals surface area contributed by atoms with Crippen LogP contribution in [0.1, 0.15) is 57.6 Å². The van der Waals surface area contributed by atoms with E-state index >= 15 is 0 Å². The number of hydrogen-bond acceptors (Lipinski definition) is 8. The Morgan fingerprint density at radius 2 is 1.58 bits per heavy atom. The number of amides is 2. The van der Waals surface area contributed by atoms with Gasteiger partial charge in [0.2, 0.25) is 28.6 Å². The maximum Gasteiger partial charge on any atom is 0.245 e. The first-order chi connectivity index (χ1) is 23.0. The van der Waals surface area contributed by atoms with Gasteiger partial charge in [0.15, 0.2) is 11.5 Å². The van der Waals surface area contributed by atoms with E-state index in [9.17, 15) is 23.1 Å². The van der Waals surface area contributed by atoms with Crippen molar-refractivity contribution in [1.82, 2.24) is 20.3 Å². The smallest absolute Gasteiger partial charge is 0.245 e. The predicted octanol–water partition coefficient (Wildman–Crippen LogP) is 3.96. The Kier molecular flexibility index (Phi) is 13.4. The molecule has 2 amide bonds. The van der Waals surface area contributed by atoms with Crippen LogP contribution in [0.2, 0.25) is 0 Å². The maximum absolute atomic E-state index is 14.2. The highest BCUT2D eigenvalue weighted by atomic mass is 32.2. The second-order valence-electron chi connectivity index (χ2n) is 12.6. The average Bonchev–Trinajstić information content (AvgIpc) is 3.53. The molecule has 0 radical (unpaired) electrons. The summed E-state index contributed by atoms with van der Waals surface area (Å²) < 4.78 is 40.2. The zero-order valence-electron chi connectivity index (χ0n) is 28.0. The fourth-order valence-corrected chi connectivity index (χ4v) is 7.43. The van der Waals surface area contributed by atoms with Crippen molar-refractivity contribution in [2.45, 2.75) is 76.1 Å². The van der Waals surface area contributed by atoms with Crippen molar-refractivity contribution in [3.05, 3.63) is 90.0 Å². The summed E-state index contributed by atoms with van der Waals surface area (Å²) in [4.78, 5) is 25.1. The zero-order valence-corrected chi connectivity index (χ0v) is 28.8. The summed E-state index contributed by atoms with van der Waals surface area (Å²) in [6.45, 7) is 6.60. The first-order valence-electron chi connectivity index (χ1n) is 16.5. The van der Waals surface area contributed by atoms with Crippen LogP contribution in [0.3, 0.4) is 0 Å². The van der Waals surface area contributed by atoms with Crippen molar-refractivity contribution in [2.24, 2.45) is 5.92 Å². The molecule has 2 unspecified atom stereocenters. The van der Waals surface area contributed by atoms with Crippen molar-refractivity contribution < 1.29 is 32.6 Å². The molecule has 0 saturated carbocycles. The maximum atomic E-state index is 14.2. The summed E-state index contributed by atoms with van der Waals surface area (Å²) in [6, 6.07) is 23.3. The van der Waals surface area contributed by atoms with Crippen LogP contribution in [0.15, 0.2) is 83.8 Å². The Morgan fingerprint density at radius 1 is 0.917 bits per heavy atom. The lowest BCUT2D eigenvalue weighted by molar-refractivity contribution is -0.122. The molecular formula is C36H48N4O7S. The number of fused-ring (bicyclic) bond motifs is 1. The van der Waals surface area contributed by atoms with Crippen molar-refractivity contribution in [2.75, 3.05) is 26.4 Å². The Balaban J connectivity index is 1.33. The number of hydrogen-bond donors (Lipinski definition) is 4. The van der Waals surface area contributed by atoms with Gasteiger partial charge in [0, 0.05) is 51.0 Å². The minimum Gasteiger partial charge on any atom is -0.454 e. The van der Waals surface area contributed by atoms with Crippen molar-refractivity contribution >= 4 is 21.8 Å². The van der Waals surface area contributed by atoms with Gasteiger partial charge < -0.3 is 30.5 Å². The van der Waals surface area contributed by atoms with E-state index in [-0.39, 0.29) is 74.4 Å². The van der Waals surface area contributed by atoms with E-state index in [1.54, 1.807) is 6.07 Å². The summed E-state index contributed by atoms with van der Waals surface area (Å²) in [7, 11) is -4.20. The molecule has 48 heavy (non-hydrogen) atoms. The van der Waals surface area contributed by atoms with E-state index in [0.717, 1.165) is 15.4 Å². The number of nitrogens with zero attached hydrogens (tertiary/aromatic N) is 1. The molecule has 1 aliphatic heterocycles. The lowest BCUT2D eigenvalue weighted by atomic mass is 9.98. The molecule has 3 aromatic carbocycles. The molecule has 0 aliphatic carbocycles. The zero-order chi connectivity index (χ0) is 34.6. The van der Waals surface area contributed by atoms with Gasteiger partial charge in [-0.15, -0.1) is 0 Å². The van der Waals surface area contributed by atoms with Crippen LogP contribution in [0.4, 0.5) is 0 Å². The van der Waals surface area contributed by atoms with Crippen molar-refractivity contribution in [3.8, 4) is 11.5 Å². The number of sulfonamides is 1. The molecule has 0 aromatic heterocycles. The molecule has 12 heteroatoms. The minimum absolute atomic E-state index is 0.00635. The fraction of sp³-hybridized carbons (Fsp3) is 0.444. The molecule has 0 fully saturated rings. The Labute approximate surface area is 284 Å². The van der Waals surface area contributed by atoms with E-state index < -0.39 is 15.7 Å². The molecule has 4 rings (SSSR count). The van der Waals surface area contributed by atoms with E-state index in [2.05, 4.69) is 16.0 Å². The van der Waals surface area contributed by atoms with E-state index in [4.69, 9.17) is 9.47 Å². The highest BCUT2D eigenvalue weighted by Crippen LogP contribution is 2.37. The molecular weight excluding hydrogens is 632 g/mol. The molecule has 2 atom stereocenters. The first-order valence-corrected chi connectivity index (χ1v) is 17.9. The molecule has 1 aliphatic rings. The van der Waals surface area contributed by atoms with Crippen LogP contribution >= 0.6 is 0 Å². The molecule has 0 spiro atoms. The predicted molar refractivity (Wildman–Crippen MR) is 184 cm³/mol. The minimum atomic E-state index is -4.20. The molecule has 0 saturated heterocycles. The highest BCUT2D eigenvalue weighted by Gasteiger charge is 2.43. The van der Waals surface area contributed by atoms with Gasteiger partial charge in [0.25, 0.3) is 0 Å². The third kappa shape index (κ3) is 10.8. The number of rotatable bonds is 19. The van der Waals surface area contributed by atoms with Crippen LogP contribution in [-0.4, -0.2) is 67.8 Å². The number of aliphatic hydroxyl groups is 1. The van der Waals surface area contributed by atoms with Crippen molar-refractivity contribution in [3.63, 3.8) is 0 Å². The monoisotopic (exact) mass is 680 g/mol. The first kappa shape index (κ1) is 36.9. The molecule has 0 bridgehead atoms. The van der Waals surface area contributed by atoms with Crippen LogP contribution in [0, 0.1) is 5.92 Å². The number of benzene rings is 3. The fourth-order valence-electron chi connectivity index (χ4n) is 5.59. The average molecular weight is 681 g/mol. The van der Waals surface area contributed by atoms with E-state index in [0.29, 0.717) is 30.9 Å². The van der Waals surface area contributed by atoms with Crippen LogP contribution < -0.4 is 25.4 Å². The lowest BCUT2D eigenvalue weighted by Gasteiger charge is -2.40. The Morgan fingerprint density at radius 3 is 2.27 bits per heavy atom. The number of carbonyl (C=O) groups is 2. The van der Waals surface area contributed by atoms with Gasteiger partial charge in [-0.3, -0.25) is 9.59 Å². The van der Waals surface area contributed by atoms with E-state index in [1.807, 2.05) is 81.4 Å². The Bertz CT molecular complexity index is 1590. The normalized spacial score (nSPS) is 14.5. The quantitative estimate of drug-likeness (QED) is 0.139. The van der Waals surface area contributed by atoms with Gasteiger partial charge in [-0.1, -0.05) is 74.5 Å². The Hall–Kier alpha value is -3.97. The molecule has 1 heterocycles.